The van der Waals surface area contributed by atoms with Crippen molar-refractivity contribution in [1.82, 2.24) is 0 Å². The predicted octanol–water partition coefficient (Wildman–Crippen LogP) is 3.40. The molecule has 0 atom stereocenters. The van der Waals surface area contributed by atoms with Gasteiger partial charge in [0.25, 0.3) is 0 Å². The summed E-state index contributed by atoms with van der Waals surface area (Å²) in [5.74, 6) is 0.611. The van der Waals surface area contributed by atoms with Gasteiger partial charge in [-0.2, -0.15) is 0 Å². The molecule has 1 aromatic heterocycles. The van der Waals surface area contributed by atoms with Crippen LogP contribution >= 0.6 is 0 Å². The molecule has 7 nitrogen and oxygen atoms in total. The Labute approximate surface area is 149 Å². The molecule has 3 aromatic rings. The van der Waals surface area contributed by atoms with Crippen LogP contribution in [0.2, 0.25) is 0 Å². The van der Waals surface area contributed by atoms with Crippen LogP contribution in [-0.4, -0.2) is 39.3 Å². The molecule has 3 rings (SSSR count). The minimum atomic E-state index is -0.528. The summed E-state index contributed by atoms with van der Waals surface area (Å²) in [6.45, 7) is 0. The smallest absolute Gasteiger partial charge is 0.235 e. The molecule has 0 amide bonds. The first kappa shape index (κ1) is 17.5. The van der Waals surface area contributed by atoms with Crippen LogP contribution in [0.4, 0.5) is 0 Å². The number of ketones is 1. The summed E-state index contributed by atoms with van der Waals surface area (Å²) in [5.41, 5.74) is 0.503. The van der Waals surface area contributed by atoms with Crippen LogP contribution in [0.15, 0.2) is 34.7 Å². The molecule has 0 fully saturated rings. The van der Waals surface area contributed by atoms with Crippen molar-refractivity contribution in [1.29, 1.82) is 0 Å². The van der Waals surface area contributed by atoms with Crippen LogP contribution in [0.3, 0.4) is 0 Å². The fourth-order valence-corrected chi connectivity index (χ4v) is 2.69. The second-order valence-corrected chi connectivity index (χ2v) is 5.38. The highest BCUT2D eigenvalue weighted by molar-refractivity contribution is 6.14. The van der Waals surface area contributed by atoms with Gasteiger partial charge in [0.1, 0.15) is 34.0 Å². The van der Waals surface area contributed by atoms with E-state index in [1.807, 2.05) is 0 Å². The summed E-state index contributed by atoms with van der Waals surface area (Å²) in [4.78, 5) is 12.9. The molecule has 136 valence electrons. The van der Waals surface area contributed by atoms with Crippen molar-refractivity contribution < 1.29 is 33.3 Å². The molecule has 2 aromatic carbocycles. The van der Waals surface area contributed by atoms with E-state index in [9.17, 15) is 9.90 Å². The van der Waals surface area contributed by atoms with Crippen LogP contribution in [0.1, 0.15) is 16.1 Å². The number of hydrogen-bond acceptors (Lipinski definition) is 7. The average molecular weight is 358 g/mol. The molecule has 0 saturated carbocycles. The van der Waals surface area contributed by atoms with Crippen molar-refractivity contribution in [3.05, 3.63) is 41.7 Å². The maximum atomic E-state index is 12.9. The Balaban J connectivity index is 2.16. The molecule has 0 saturated heterocycles. The molecule has 7 heteroatoms. The molecular formula is C19H18O7. The fraction of sp³-hybridized carbons (Fsp3) is 0.211. The normalized spacial score (nSPS) is 10.6. The van der Waals surface area contributed by atoms with Crippen LogP contribution in [0.5, 0.6) is 28.7 Å². The standard InChI is InChI=1S/C19H18O7/c1-22-10-5-6-12(13(7-10)24-3)17(20)19-18(21)16-14(25-4)8-11(23-2)9-15(16)26-19/h5-9,21H,1-4H3. The lowest BCUT2D eigenvalue weighted by Gasteiger charge is -2.08. The van der Waals surface area contributed by atoms with Crippen molar-refractivity contribution >= 4 is 16.8 Å². The lowest BCUT2D eigenvalue weighted by molar-refractivity contribution is 0.100. The maximum Gasteiger partial charge on any atom is 0.235 e. The van der Waals surface area contributed by atoms with Crippen LogP contribution in [0, 0.1) is 0 Å². The minimum absolute atomic E-state index is 0.213. The Kier molecular flexibility index (Phi) is 4.62. The first-order chi connectivity index (χ1) is 12.5. The zero-order valence-corrected chi connectivity index (χ0v) is 14.8. The number of rotatable bonds is 6. The third-order valence-electron chi connectivity index (χ3n) is 4.02. The fourth-order valence-electron chi connectivity index (χ4n) is 2.69. The molecule has 26 heavy (non-hydrogen) atoms. The van der Waals surface area contributed by atoms with Gasteiger partial charge in [-0.1, -0.05) is 0 Å². The minimum Gasteiger partial charge on any atom is -0.504 e. The number of carbonyl (C=O) groups excluding carboxylic acids is 1. The number of hydrogen-bond donors (Lipinski definition) is 1. The van der Waals surface area contributed by atoms with Gasteiger partial charge in [0, 0.05) is 18.2 Å². The molecule has 0 aliphatic rings. The number of fused-ring (bicyclic) bond motifs is 1. The number of carbonyl (C=O) groups is 1. The van der Waals surface area contributed by atoms with E-state index in [1.165, 1.54) is 28.4 Å². The van der Waals surface area contributed by atoms with Gasteiger partial charge < -0.3 is 28.5 Å². The van der Waals surface area contributed by atoms with E-state index < -0.39 is 5.78 Å². The second kappa shape index (κ2) is 6.87. The van der Waals surface area contributed by atoms with Gasteiger partial charge in [-0.05, 0) is 12.1 Å². The molecule has 0 unspecified atom stereocenters. The Morgan fingerprint density at radius 3 is 2.15 bits per heavy atom. The lowest BCUT2D eigenvalue weighted by atomic mass is 10.1. The van der Waals surface area contributed by atoms with Gasteiger partial charge in [0.15, 0.2) is 5.75 Å². The zero-order chi connectivity index (χ0) is 18.8. The number of aromatic hydroxyl groups is 1. The number of ether oxygens (including phenoxy) is 4. The molecule has 0 aliphatic carbocycles. The van der Waals surface area contributed by atoms with E-state index in [2.05, 4.69) is 0 Å². The van der Waals surface area contributed by atoms with Crippen LogP contribution in [-0.2, 0) is 0 Å². The van der Waals surface area contributed by atoms with E-state index in [0.717, 1.165) is 0 Å². The van der Waals surface area contributed by atoms with Gasteiger partial charge in [-0.3, -0.25) is 4.79 Å². The lowest BCUT2D eigenvalue weighted by Crippen LogP contribution is -2.03. The molecular weight excluding hydrogens is 340 g/mol. The molecule has 0 spiro atoms. The monoisotopic (exact) mass is 358 g/mol. The van der Waals surface area contributed by atoms with Crippen molar-refractivity contribution in [2.24, 2.45) is 0 Å². The topological polar surface area (TPSA) is 87.4 Å². The molecule has 1 N–H and O–H groups in total. The SMILES string of the molecule is COc1ccc(C(=O)c2oc3cc(OC)cc(OC)c3c2O)c(OC)c1. The molecule has 0 radical (unpaired) electrons. The van der Waals surface area contributed by atoms with Crippen molar-refractivity contribution in [2.45, 2.75) is 0 Å². The second-order valence-electron chi connectivity index (χ2n) is 5.38. The van der Waals surface area contributed by atoms with Crippen molar-refractivity contribution in [2.75, 3.05) is 28.4 Å². The predicted molar refractivity (Wildman–Crippen MR) is 94.0 cm³/mol. The Morgan fingerprint density at radius 1 is 0.885 bits per heavy atom. The van der Waals surface area contributed by atoms with Gasteiger partial charge in [-0.25, -0.2) is 0 Å². The largest absolute Gasteiger partial charge is 0.504 e. The highest BCUT2D eigenvalue weighted by Crippen LogP contribution is 2.42. The van der Waals surface area contributed by atoms with Crippen molar-refractivity contribution in [3.8, 4) is 28.7 Å². The van der Waals surface area contributed by atoms with E-state index >= 15 is 0 Å². The Morgan fingerprint density at radius 2 is 1.54 bits per heavy atom. The number of methoxy groups -OCH3 is 4. The number of furan rings is 1. The summed E-state index contributed by atoms with van der Waals surface area (Å²) in [7, 11) is 5.91. The maximum absolute atomic E-state index is 12.9. The van der Waals surface area contributed by atoms with E-state index in [4.69, 9.17) is 23.4 Å². The van der Waals surface area contributed by atoms with Gasteiger partial charge in [0.2, 0.25) is 11.5 Å². The van der Waals surface area contributed by atoms with Gasteiger partial charge in [0.05, 0.1) is 34.0 Å². The highest BCUT2D eigenvalue weighted by Gasteiger charge is 2.27. The van der Waals surface area contributed by atoms with Crippen LogP contribution < -0.4 is 18.9 Å². The first-order valence-corrected chi connectivity index (χ1v) is 7.68. The first-order valence-electron chi connectivity index (χ1n) is 7.68. The quantitative estimate of drug-likeness (QED) is 0.676. The number of benzene rings is 2. The van der Waals surface area contributed by atoms with E-state index in [-0.39, 0.29) is 22.7 Å². The highest BCUT2D eigenvalue weighted by atomic mass is 16.5. The molecule has 0 bridgehead atoms. The Hall–Kier alpha value is -3.35. The summed E-state index contributed by atoms with van der Waals surface area (Å²) in [6, 6.07) is 7.92. The summed E-state index contributed by atoms with van der Waals surface area (Å²) in [5, 5.41) is 10.9. The van der Waals surface area contributed by atoms with E-state index in [1.54, 1.807) is 30.3 Å². The zero-order valence-electron chi connectivity index (χ0n) is 14.8. The summed E-state index contributed by atoms with van der Waals surface area (Å²) < 4.78 is 26.4. The molecule has 1 heterocycles. The molecule has 0 aliphatic heterocycles. The Bertz CT molecular complexity index is 972. The average Bonchev–Trinajstić information content (AvgIpc) is 3.02. The summed E-state index contributed by atoms with van der Waals surface area (Å²) in [6.07, 6.45) is 0. The van der Waals surface area contributed by atoms with Gasteiger partial charge in [-0.15, -0.1) is 0 Å². The third-order valence-corrected chi connectivity index (χ3v) is 4.02. The van der Waals surface area contributed by atoms with E-state index in [0.29, 0.717) is 28.4 Å². The third kappa shape index (κ3) is 2.77. The van der Waals surface area contributed by atoms with Crippen LogP contribution in [0.25, 0.3) is 11.0 Å². The van der Waals surface area contributed by atoms with Gasteiger partial charge >= 0.3 is 0 Å². The summed E-state index contributed by atoms with van der Waals surface area (Å²) >= 11 is 0. The van der Waals surface area contributed by atoms with Crippen molar-refractivity contribution in [3.63, 3.8) is 0 Å².